The van der Waals surface area contributed by atoms with E-state index < -0.39 is 5.56 Å². The standard InChI is InChI=1S/C10H9N3O2S/c1-13-9(15)7(8(14)12-10(13)16)5-6-3-2-4-11-6/h2-5,15H,1H3,(H,12,14,16)/b6-5-. The fraction of sp³-hybridized carbons (Fsp3) is 0.100. The first-order chi connectivity index (χ1) is 7.59. The number of aliphatic imine (C=N–C) groups is 1. The third-order valence-corrected chi connectivity index (χ3v) is 2.57. The van der Waals surface area contributed by atoms with Crippen LogP contribution in [0.25, 0.3) is 6.08 Å². The van der Waals surface area contributed by atoms with Crippen LogP contribution in [0.5, 0.6) is 5.88 Å². The highest BCUT2D eigenvalue weighted by Crippen LogP contribution is 2.16. The highest BCUT2D eigenvalue weighted by Gasteiger charge is 2.08. The predicted molar refractivity (Wildman–Crippen MR) is 64.1 cm³/mol. The van der Waals surface area contributed by atoms with Crippen LogP contribution >= 0.6 is 12.2 Å². The molecule has 0 aromatic carbocycles. The van der Waals surface area contributed by atoms with E-state index in [-0.39, 0.29) is 16.2 Å². The van der Waals surface area contributed by atoms with Crippen LogP contribution in [0.15, 0.2) is 27.6 Å². The summed E-state index contributed by atoms with van der Waals surface area (Å²) in [5, 5.41) is 9.78. The molecule has 0 saturated heterocycles. The van der Waals surface area contributed by atoms with Crippen LogP contribution in [-0.2, 0) is 7.05 Å². The summed E-state index contributed by atoms with van der Waals surface area (Å²) in [6.45, 7) is 0. The molecule has 2 rings (SSSR count). The van der Waals surface area contributed by atoms with E-state index in [0.717, 1.165) is 0 Å². The number of H-pyrrole nitrogens is 1. The summed E-state index contributed by atoms with van der Waals surface area (Å²) in [4.78, 5) is 18.0. The molecule has 5 nitrogen and oxygen atoms in total. The Bertz CT molecular complexity index is 620. The van der Waals surface area contributed by atoms with Crippen molar-refractivity contribution in [3.8, 4) is 5.88 Å². The van der Waals surface area contributed by atoms with E-state index in [1.54, 1.807) is 25.4 Å². The number of nitrogens with zero attached hydrogens (tertiary/aromatic N) is 2. The smallest absolute Gasteiger partial charge is 0.262 e. The average molecular weight is 235 g/mol. The van der Waals surface area contributed by atoms with E-state index in [1.807, 2.05) is 0 Å². The molecule has 0 atom stereocenters. The molecule has 1 aromatic rings. The number of rotatable bonds is 1. The zero-order valence-corrected chi connectivity index (χ0v) is 9.28. The molecular formula is C10H9N3O2S. The van der Waals surface area contributed by atoms with E-state index in [0.29, 0.717) is 5.70 Å². The lowest BCUT2D eigenvalue weighted by molar-refractivity contribution is 0.419. The number of hydrogen-bond acceptors (Lipinski definition) is 4. The van der Waals surface area contributed by atoms with Gasteiger partial charge in [0.15, 0.2) is 4.77 Å². The average Bonchev–Trinajstić information content (AvgIpc) is 2.74. The number of aromatic amines is 1. The van der Waals surface area contributed by atoms with Gasteiger partial charge in [-0.2, -0.15) is 0 Å². The maximum absolute atomic E-state index is 11.6. The molecular weight excluding hydrogens is 226 g/mol. The third kappa shape index (κ3) is 1.74. The molecule has 0 amide bonds. The summed E-state index contributed by atoms with van der Waals surface area (Å²) in [6.07, 6.45) is 6.60. The molecule has 1 aliphatic rings. The Morgan fingerprint density at radius 1 is 1.62 bits per heavy atom. The van der Waals surface area contributed by atoms with Crippen LogP contribution in [0.4, 0.5) is 0 Å². The molecule has 0 spiro atoms. The minimum absolute atomic E-state index is 0.148. The molecule has 2 heterocycles. The van der Waals surface area contributed by atoms with Gasteiger partial charge in [-0.25, -0.2) is 0 Å². The number of aromatic nitrogens is 2. The van der Waals surface area contributed by atoms with Gasteiger partial charge in [-0.3, -0.25) is 19.3 Å². The molecule has 0 saturated carbocycles. The second kappa shape index (κ2) is 3.90. The summed E-state index contributed by atoms with van der Waals surface area (Å²) in [5.74, 6) is -0.170. The Labute approximate surface area is 96.1 Å². The first-order valence-corrected chi connectivity index (χ1v) is 4.95. The normalized spacial score (nSPS) is 16.2. The molecule has 0 fully saturated rings. The van der Waals surface area contributed by atoms with Crippen LogP contribution in [-0.4, -0.2) is 20.9 Å². The third-order valence-electron chi connectivity index (χ3n) is 2.20. The fourth-order valence-electron chi connectivity index (χ4n) is 1.30. The molecule has 0 aliphatic carbocycles. The maximum atomic E-state index is 11.6. The van der Waals surface area contributed by atoms with Crippen molar-refractivity contribution in [2.75, 3.05) is 0 Å². The molecule has 0 bridgehead atoms. The second-order valence-corrected chi connectivity index (χ2v) is 3.65. The van der Waals surface area contributed by atoms with Gasteiger partial charge >= 0.3 is 0 Å². The summed E-state index contributed by atoms with van der Waals surface area (Å²) >= 11 is 4.85. The van der Waals surface area contributed by atoms with Gasteiger partial charge in [0.1, 0.15) is 5.56 Å². The van der Waals surface area contributed by atoms with Crippen LogP contribution in [0.3, 0.4) is 0 Å². The van der Waals surface area contributed by atoms with E-state index >= 15 is 0 Å². The van der Waals surface area contributed by atoms with Crippen molar-refractivity contribution >= 4 is 24.5 Å². The molecule has 2 N–H and O–H groups in total. The van der Waals surface area contributed by atoms with Crippen molar-refractivity contribution in [2.24, 2.45) is 12.0 Å². The Morgan fingerprint density at radius 3 is 3.00 bits per heavy atom. The predicted octanol–water partition coefficient (Wildman–Crippen LogP) is 1.13. The molecule has 6 heteroatoms. The van der Waals surface area contributed by atoms with E-state index in [2.05, 4.69) is 9.98 Å². The number of allylic oxidation sites excluding steroid dienone is 2. The minimum Gasteiger partial charge on any atom is -0.494 e. The van der Waals surface area contributed by atoms with Gasteiger partial charge in [0.2, 0.25) is 5.88 Å². The van der Waals surface area contributed by atoms with Gasteiger partial charge in [0.25, 0.3) is 5.56 Å². The van der Waals surface area contributed by atoms with Gasteiger partial charge in [-0.05, 0) is 30.4 Å². The molecule has 82 valence electrons. The largest absolute Gasteiger partial charge is 0.494 e. The monoisotopic (exact) mass is 235 g/mol. The molecule has 0 radical (unpaired) electrons. The Hall–Kier alpha value is -1.95. The van der Waals surface area contributed by atoms with Crippen molar-refractivity contribution in [2.45, 2.75) is 0 Å². The second-order valence-electron chi connectivity index (χ2n) is 3.26. The Morgan fingerprint density at radius 2 is 2.38 bits per heavy atom. The van der Waals surface area contributed by atoms with Crippen molar-refractivity contribution in [1.29, 1.82) is 0 Å². The van der Waals surface area contributed by atoms with E-state index in [9.17, 15) is 9.90 Å². The van der Waals surface area contributed by atoms with Crippen LogP contribution in [0.2, 0.25) is 0 Å². The van der Waals surface area contributed by atoms with Crippen molar-refractivity contribution in [3.63, 3.8) is 0 Å². The Kier molecular flexibility index (Phi) is 2.57. The van der Waals surface area contributed by atoms with Crippen LogP contribution in [0.1, 0.15) is 5.56 Å². The highest BCUT2D eigenvalue weighted by atomic mass is 32.1. The molecule has 1 aliphatic heterocycles. The van der Waals surface area contributed by atoms with Crippen molar-refractivity contribution < 1.29 is 5.11 Å². The summed E-state index contributed by atoms with van der Waals surface area (Å²) in [6, 6.07) is 0. The van der Waals surface area contributed by atoms with Gasteiger partial charge < -0.3 is 5.11 Å². The van der Waals surface area contributed by atoms with Crippen molar-refractivity contribution in [3.05, 3.63) is 38.5 Å². The zero-order valence-electron chi connectivity index (χ0n) is 8.47. The summed E-state index contributed by atoms with van der Waals surface area (Å²) in [5.41, 5.74) is 0.330. The first-order valence-electron chi connectivity index (χ1n) is 4.54. The van der Waals surface area contributed by atoms with Gasteiger partial charge in [0.05, 0.1) is 5.70 Å². The van der Waals surface area contributed by atoms with Crippen LogP contribution < -0.4 is 5.56 Å². The number of hydrogen-bond donors (Lipinski definition) is 2. The topological polar surface area (TPSA) is 70.4 Å². The lowest BCUT2D eigenvalue weighted by Crippen LogP contribution is -2.15. The fourth-order valence-corrected chi connectivity index (χ4v) is 1.48. The van der Waals surface area contributed by atoms with E-state index in [4.69, 9.17) is 12.2 Å². The quantitative estimate of drug-likeness (QED) is 0.717. The van der Waals surface area contributed by atoms with Crippen molar-refractivity contribution in [1.82, 2.24) is 9.55 Å². The van der Waals surface area contributed by atoms with E-state index in [1.165, 1.54) is 10.6 Å². The highest BCUT2D eigenvalue weighted by molar-refractivity contribution is 7.71. The number of nitrogens with one attached hydrogen (secondary N) is 1. The zero-order chi connectivity index (χ0) is 11.7. The molecule has 0 unspecified atom stereocenters. The summed E-state index contributed by atoms with van der Waals surface area (Å²) in [7, 11) is 1.57. The lowest BCUT2D eigenvalue weighted by atomic mass is 10.2. The molecule has 1 aromatic heterocycles. The van der Waals surface area contributed by atoms with Gasteiger partial charge in [0, 0.05) is 13.3 Å². The number of aromatic hydroxyl groups is 1. The first kappa shape index (κ1) is 10.6. The molecule has 16 heavy (non-hydrogen) atoms. The Balaban J connectivity index is 2.66. The summed E-state index contributed by atoms with van der Waals surface area (Å²) < 4.78 is 1.50. The van der Waals surface area contributed by atoms with Gasteiger partial charge in [-0.1, -0.05) is 0 Å². The minimum atomic E-state index is -0.427. The SMILES string of the molecule is Cn1c(O)c(/C=C2/C=CC=N2)c(=O)[nH]c1=S. The van der Waals surface area contributed by atoms with Crippen LogP contribution in [0, 0.1) is 4.77 Å². The maximum Gasteiger partial charge on any atom is 0.262 e. The lowest BCUT2D eigenvalue weighted by Gasteiger charge is -2.05. The van der Waals surface area contributed by atoms with Gasteiger partial charge in [-0.15, -0.1) is 0 Å².